The molecule has 1 unspecified atom stereocenters. The highest BCUT2D eigenvalue weighted by Gasteiger charge is 2.28. The molecule has 0 spiro atoms. The van der Waals surface area contributed by atoms with E-state index in [9.17, 15) is 8.42 Å². The lowest BCUT2D eigenvalue weighted by Crippen LogP contribution is -2.28. The summed E-state index contributed by atoms with van der Waals surface area (Å²) in [6.07, 6.45) is 1.83. The van der Waals surface area contributed by atoms with Gasteiger partial charge in [-0.25, -0.2) is 18.5 Å². The molecule has 1 atom stereocenters. The third-order valence-electron chi connectivity index (χ3n) is 5.23. The number of anilines is 1. The first-order valence-corrected chi connectivity index (χ1v) is 11.7. The Kier molecular flexibility index (Phi) is 4.99. The highest BCUT2D eigenvalue weighted by atomic mass is 32.2. The zero-order valence-electron chi connectivity index (χ0n) is 15.9. The summed E-state index contributed by atoms with van der Waals surface area (Å²) in [6.45, 7) is 5.00. The molecule has 1 aliphatic rings. The van der Waals surface area contributed by atoms with E-state index in [1.807, 2.05) is 6.07 Å². The van der Waals surface area contributed by atoms with Crippen molar-refractivity contribution in [1.29, 1.82) is 0 Å². The summed E-state index contributed by atoms with van der Waals surface area (Å²) >= 11 is 1.65. The molecule has 7 heteroatoms. The summed E-state index contributed by atoms with van der Waals surface area (Å²) in [7, 11) is -3.68. The van der Waals surface area contributed by atoms with E-state index in [1.54, 1.807) is 23.5 Å². The van der Waals surface area contributed by atoms with Gasteiger partial charge in [-0.1, -0.05) is 31.2 Å². The molecule has 0 saturated carbocycles. The first-order chi connectivity index (χ1) is 13.3. The van der Waals surface area contributed by atoms with Crippen molar-refractivity contribution < 1.29 is 8.42 Å². The van der Waals surface area contributed by atoms with Crippen LogP contribution in [0.2, 0.25) is 0 Å². The van der Waals surface area contributed by atoms with Crippen LogP contribution in [-0.2, 0) is 29.4 Å². The highest BCUT2D eigenvalue weighted by molar-refractivity contribution is 7.89. The molecule has 0 amide bonds. The molecule has 5 nitrogen and oxygen atoms in total. The quantitative estimate of drug-likeness (QED) is 0.687. The topological polar surface area (TPSA) is 76.3 Å². The fourth-order valence-corrected chi connectivity index (χ4v) is 5.04. The summed E-state index contributed by atoms with van der Waals surface area (Å²) in [5, 5.41) is 8.40. The second-order valence-corrected chi connectivity index (χ2v) is 9.63. The molecule has 3 aromatic rings. The number of nitrogens with zero attached hydrogens (tertiary/aromatic N) is 2. The Morgan fingerprint density at radius 2 is 1.96 bits per heavy atom. The van der Waals surface area contributed by atoms with E-state index in [0.717, 1.165) is 40.4 Å². The van der Waals surface area contributed by atoms with Crippen LogP contribution in [-0.4, -0.2) is 19.4 Å². The molecule has 0 fully saturated rings. The standard InChI is InChI=1S/C21H23N3O2S2/c1-3-15-4-6-16(7-5-15)21-23-18(13-27-21)12-24-14(2)10-17-11-19(28(22,25)26)8-9-20(17)24/h4-9,11,13-14H,3,10,12H2,1-2H3,(H2,22,25,26). The van der Waals surface area contributed by atoms with Crippen molar-refractivity contribution in [3.05, 3.63) is 64.7 Å². The number of fused-ring (bicyclic) bond motifs is 1. The van der Waals surface area contributed by atoms with Crippen LogP contribution >= 0.6 is 11.3 Å². The predicted molar refractivity (Wildman–Crippen MR) is 114 cm³/mol. The van der Waals surface area contributed by atoms with Gasteiger partial charge in [-0.2, -0.15) is 0 Å². The first kappa shape index (κ1) is 19.1. The number of aromatic nitrogens is 1. The summed E-state index contributed by atoms with van der Waals surface area (Å²) < 4.78 is 23.2. The summed E-state index contributed by atoms with van der Waals surface area (Å²) in [5.74, 6) is 0. The fraction of sp³-hybridized carbons (Fsp3) is 0.286. The van der Waals surface area contributed by atoms with Gasteiger partial charge in [0.2, 0.25) is 10.0 Å². The van der Waals surface area contributed by atoms with Crippen LogP contribution in [0, 0.1) is 0 Å². The maximum Gasteiger partial charge on any atom is 0.238 e. The van der Waals surface area contributed by atoms with Crippen LogP contribution in [0.15, 0.2) is 52.7 Å². The number of thiazole rings is 1. The molecule has 1 aromatic heterocycles. The van der Waals surface area contributed by atoms with Crippen molar-refractivity contribution >= 4 is 27.0 Å². The Labute approximate surface area is 169 Å². The minimum atomic E-state index is -3.68. The number of primary sulfonamides is 1. The van der Waals surface area contributed by atoms with Gasteiger partial charge in [0.15, 0.2) is 0 Å². The van der Waals surface area contributed by atoms with Crippen molar-refractivity contribution in [2.24, 2.45) is 5.14 Å². The fourth-order valence-electron chi connectivity index (χ4n) is 3.66. The van der Waals surface area contributed by atoms with Gasteiger partial charge in [0.1, 0.15) is 5.01 Å². The van der Waals surface area contributed by atoms with E-state index in [2.05, 4.69) is 48.4 Å². The third kappa shape index (κ3) is 3.70. The number of hydrogen-bond acceptors (Lipinski definition) is 5. The van der Waals surface area contributed by atoms with Crippen LogP contribution < -0.4 is 10.0 Å². The van der Waals surface area contributed by atoms with Gasteiger partial charge in [-0.05, 0) is 49.1 Å². The van der Waals surface area contributed by atoms with Crippen LogP contribution in [0.5, 0.6) is 0 Å². The predicted octanol–water partition coefficient (Wildman–Crippen LogP) is 3.97. The summed E-state index contributed by atoms with van der Waals surface area (Å²) in [5.41, 5.74) is 5.56. The molecule has 0 saturated heterocycles. The number of rotatable bonds is 5. The molecule has 1 aliphatic heterocycles. The average Bonchev–Trinajstić information content (AvgIpc) is 3.26. The van der Waals surface area contributed by atoms with E-state index in [1.165, 1.54) is 5.56 Å². The Morgan fingerprint density at radius 1 is 1.21 bits per heavy atom. The van der Waals surface area contributed by atoms with Crippen LogP contribution in [0.25, 0.3) is 10.6 Å². The van der Waals surface area contributed by atoms with E-state index in [0.29, 0.717) is 6.54 Å². The maximum absolute atomic E-state index is 11.6. The Hall–Kier alpha value is -2.22. The zero-order valence-corrected chi connectivity index (χ0v) is 17.6. The minimum absolute atomic E-state index is 0.173. The summed E-state index contributed by atoms with van der Waals surface area (Å²) in [4.78, 5) is 7.28. The molecule has 4 rings (SSSR count). The van der Waals surface area contributed by atoms with E-state index < -0.39 is 10.0 Å². The van der Waals surface area contributed by atoms with Crippen molar-refractivity contribution in [1.82, 2.24) is 4.98 Å². The lowest BCUT2D eigenvalue weighted by Gasteiger charge is -2.24. The van der Waals surface area contributed by atoms with Crippen molar-refractivity contribution in [3.8, 4) is 10.6 Å². The third-order valence-corrected chi connectivity index (χ3v) is 7.08. The van der Waals surface area contributed by atoms with Crippen LogP contribution in [0.4, 0.5) is 5.69 Å². The minimum Gasteiger partial charge on any atom is -0.362 e. The highest BCUT2D eigenvalue weighted by Crippen LogP contribution is 2.35. The smallest absolute Gasteiger partial charge is 0.238 e. The molecule has 2 heterocycles. The summed E-state index contributed by atoms with van der Waals surface area (Å²) in [6, 6.07) is 14.0. The van der Waals surface area contributed by atoms with Crippen LogP contribution in [0.3, 0.4) is 0 Å². The largest absolute Gasteiger partial charge is 0.362 e. The van der Waals surface area contributed by atoms with E-state index in [4.69, 9.17) is 10.1 Å². The van der Waals surface area contributed by atoms with E-state index in [-0.39, 0.29) is 10.9 Å². The molecule has 0 bridgehead atoms. The normalized spacial score (nSPS) is 16.4. The number of hydrogen-bond donors (Lipinski definition) is 1. The van der Waals surface area contributed by atoms with Gasteiger partial charge in [0.05, 0.1) is 17.1 Å². The first-order valence-electron chi connectivity index (χ1n) is 9.31. The molecule has 146 valence electrons. The Morgan fingerprint density at radius 3 is 2.64 bits per heavy atom. The SMILES string of the molecule is CCc1ccc(-c2nc(CN3c4ccc(S(N)(=O)=O)cc4CC3C)cs2)cc1. The molecule has 0 radical (unpaired) electrons. The molecule has 2 aromatic carbocycles. The van der Waals surface area contributed by atoms with E-state index >= 15 is 0 Å². The van der Waals surface area contributed by atoms with Gasteiger partial charge in [0, 0.05) is 22.7 Å². The molecular weight excluding hydrogens is 390 g/mol. The van der Waals surface area contributed by atoms with Gasteiger partial charge in [-0.15, -0.1) is 11.3 Å². The lowest BCUT2D eigenvalue weighted by atomic mass is 10.1. The van der Waals surface area contributed by atoms with Crippen LogP contribution in [0.1, 0.15) is 30.7 Å². The van der Waals surface area contributed by atoms with Crippen molar-refractivity contribution in [3.63, 3.8) is 0 Å². The van der Waals surface area contributed by atoms with Gasteiger partial charge in [0.25, 0.3) is 0 Å². The maximum atomic E-state index is 11.6. The monoisotopic (exact) mass is 413 g/mol. The second kappa shape index (κ2) is 7.31. The number of nitrogens with two attached hydrogens (primary N) is 1. The number of sulfonamides is 1. The molecule has 2 N–H and O–H groups in total. The zero-order chi connectivity index (χ0) is 19.9. The Balaban J connectivity index is 1.56. The van der Waals surface area contributed by atoms with Gasteiger partial charge >= 0.3 is 0 Å². The molecular formula is C21H23N3O2S2. The second-order valence-electron chi connectivity index (χ2n) is 7.21. The molecule has 0 aliphatic carbocycles. The average molecular weight is 414 g/mol. The van der Waals surface area contributed by atoms with Crippen molar-refractivity contribution in [2.45, 2.75) is 44.2 Å². The van der Waals surface area contributed by atoms with Gasteiger partial charge < -0.3 is 4.90 Å². The lowest BCUT2D eigenvalue weighted by molar-refractivity contribution is 0.597. The number of aryl methyl sites for hydroxylation is 1. The number of benzene rings is 2. The van der Waals surface area contributed by atoms with Gasteiger partial charge in [-0.3, -0.25) is 0 Å². The van der Waals surface area contributed by atoms with Crippen molar-refractivity contribution in [2.75, 3.05) is 4.90 Å². The molecule has 28 heavy (non-hydrogen) atoms. The Bertz CT molecular complexity index is 1100.